The normalized spacial score (nSPS) is 14.7. The molecule has 54 heavy (non-hydrogen) atoms. The zero-order valence-electron chi connectivity index (χ0n) is 32.5. The second-order valence-corrected chi connectivity index (χ2v) is 15.9. The lowest BCUT2D eigenvalue weighted by atomic mass is 9.86. The molecule has 1 aliphatic rings. The minimum absolute atomic E-state index is 0.00241. The lowest BCUT2D eigenvalue weighted by molar-refractivity contribution is -0.144. The molecule has 3 unspecified atom stereocenters. The van der Waals surface area contributed by atoms with E-state index in [4.69, 9.17) is 4.74 Å². The fourth-order valence-corrected chi connectivity index (χ4v) is 6.73. The Morgan fingerprint density at radius 3 is 2.17 bits per heavy atom. The van der Waals surface area contributed by atoms with Crippen LogP contribution in [0.5, 0.6) is 0 Å². The number of ether oxygens (including phenoxy) is 1. The number of alkyl carbamates (subject to hydrolysis) is 1. The number of carbonyl (C=O) groups excluding carboxylic acids is 4. The number of rotatable bonds is 20. The Morgan fingerprint density at radius 1 is 0.963 bits per heavy atom. The molecule has 1 heterocycles. The maximum Gasteiger partial charge on any atom is 0.407 e. The number of allylic oxidation sites excluding steroid dienone is 1. The van der Waals surface area contributed by atoms with Crippen molar-refractivity contribution in [2.45, 2.75) is 84.5 Å². The predicted octanol–water partition coefficient (Wildman–Crippen LogP) is 5.46. The number of thioether (sulfide) groups is 1. The van der Waals surface area contributed by atoms with Crippen LogP contribution in [0.15, 0.2) is 85.6 Å². The number of hydrazine groups is 1. The molecule has 0 aromatic heterocycles. The van der Waals surface area contributed by atoms with E-state index in [1.807, 2.05) is 89.2 Å². The Balaban J connectivity index is 1.90. The molecule has 2 aromatic rings. The smallest absolute Gasteiger partial charge is 0.407 e. The molecule has 4 amide bonds. The predicted molar refractivity (Wildman–Crippen MR) is 216 cm³/mol. The molecule has 292 valence electrons. The highest BCUT2D eigenvalue weighted by molar-refractivity contribution is 8.08. The number of amides is 4. The van der Waals surface area contributed by atoms with E-state index in [9.17, 15) is 24.3 Å². The van der Waals surface area contributed by atoms with Crippen molar-refractivity contribution in [1.82, 2.24) is 26.4 Å². The number of nitrogens with zero attached hydrogens (tertiary/aromatic N) is 1. The van der Waals surface area contributed by atoms with E-state index in [0.29, 0.717) is 13.0 Å². The largest absolute Gasteiger partial charge is 0.453 e. The summed E-state index contributed by atoms with van der Waals surface area (Å²) in [5.41, 5.74) is 7.46. The number of nitrogens with one attached hydrogen (secondary N) is 4. The van der Waals surface area contributed by atoms with Gasteiger partial charge >= 0.3 is 6.09 Å². The molecule has 1 aliphatic heterocycles. The van der Waals surface area contributed by atoms with Crippen LogP contribution in [0, 0.1) is 11.3 Å². The summed E-state index contributed by atoms with van der Waals surface area (Å²) in [4.78, 5) is 54.1. The third-order valence-corrected chi connectivity index (χ3v) is 9.95. The van der Waals surface area contributed by atoms with Crippen LogP contribution in [0.25, 0.3) is 4.91 Å². The molecule has 3 atom stereocenters. The average Bonchev–Trinajstić information content (AvgIpc) is 3.67. The number of aliphatic hydroxyl groups is 1. The molecular weight excluding hydrogens is 703 g/mol. The maximum absolute atomic E-state index is 14.0. The minimum Gasteiger partial charge on any atom is -0.453 e. The zero-order chi connectivity index (χ0) is 39.9. The van der Waals surface area contributed by atoms with Crippen LogP contribution < -0.4 is 21.4 Å². The van der Waals surface area contributed by atoms with Crippen LogP contribution in [-0.4, -0.2) is 77.6 Å². The molecule has 0 aliphatic carbocycles. The topological polar surface area (TPSA) is 149 Å². The van der Waals surface area contributed by atoms with Gasteiger partial charge in [-0.2, -0.15) is 0 Å². The Bertz CT molecular complexity index is 1680. The van der Waals surface area contributed by atoms with Gasteiger partial charge in [0.1, 0.15) is 17.7 Å². The standard InChI is InChI=1S/C42H57N5O6S/c1-9-13-30-15-17-31(18-16-30)27-42(52,39(50)44-35(29(3)4)37(48)43-24-10-2)23-12-25-47(46-38(49)36(41(5,6)7)45-40(51)53-8)28-32-19-21-33(22-20-32)34-14-11-26-54-34/h9-11,15-22,29,35-36,52H,1-2,12-13,23-28H2,3-8H3,(H,43,48)(H,44,50)(H,45,51)(H,46,49). The van der Waals surface area contributed by atoms with Crippen LogP contribution in [0.2, 0.25) is 0 Å². The van der Waals surface area contributed by atoms with E-state index in [1.165, 1.54) is 7.11 Å². The van der Waals surface area contributed by atoms with Crippen molar-refractivity contribution in [3.05, 3.63) is 108 Å². The van der Waals surface area contributed by atoms with Gasteiger partial charge < -0.3 is 25.8 Å². The minimum atomic E-state index is -1.90. The van der Waals surface area contributed by atoms with Gasteiger partial charge in [-0.1, -0.05) is 95.3 Å². The van der Waals surface area contributed by atoms with Crippen molar-refractivity contribution in [3.63, 3.8) is 0 Å². The maximum atomic E-state index is 14.0. The van der Waals surface area contributed by atoms with Gasteiger partial charge in [0.05, 0.1) is 12.0 Å². The highest BCUT2D eigenvalue weighted by atomic mass is 32.2. The van der Waals surface area contributed by atoms with Crippen molar-refractivity contribution >= 4 is 40.5 Å². The summed E-state index contributed by atoms with van der Waals surface area (Å²) in [6.07, 6.45) is 5.61. The van der Waals surface area contributed by atoms with Gasteiger partial charge in [0, 0.05) is 31.8 Å². The van der Waals surface area contributed by atoms with Crippen molar-refractivity contribution in [3.8, 4) is 0 Å². The van der Waals surface area contributed by atoms with E-state index in [-0.39, 0.29) is 44.2 Å². The highest BCUT2D eigenvalue weighted by Crippen LogP contribution is 2.30. The molecule has 2 aromatic carbocycles. The van der Waals surface area contributed by atoms with Gasteiger partial charge in [-0.25, -0.2) is 9.80 Å². The fourth-order valence-electron chi connectivity index (χ4n) is 5.93. The van der Waals surface area contributed by atoms with Crippen LogP contribution in [0.1, 0.15) is 69.7 Å². The molecular formula is C42H57N5O6S. The summed E-state index contributed by atoms with van der Waals surface area (Å²) in [7, 11) is 1.24. The first-order valence-electron chi connectivity index (χ1n) is 18.3. The summed E-state index contributed by atoms with van der Waals surface area (Å²) >= 11 is 1.72. The first-order chi connectivity index (χ1) is 25.6. The molecule has 12 heteroatoms. The summed E-state index contributed by atoms with van der Waals surface area (Å²) in [6.45, 7) is 17.4. The van der Waals surface area contributed by atoms with Crippen molar-refractivity contribution in [2.24, 2.45) is 11.3 Å². The molecule has 0 bridgehead atoms. The first-order valence-corrected chi connectivity index (χ1v) is 19.3. The summed E-state index contributed by atoms with van der Waals surface area (Å²) < 4.78 is 4.79. The Morgan fingerprint density at radius 2 is 1.61 bits per heavy atom. The SMILES string of the molecule is C=CCNC(=O)C(NC(=O)C(O)(CCCN(Cc1ccc(C2=C=CCS2)cc1)NC(=O)C(NC(=O)OC)C(C)(C)C)Cc1ccc(CC=C)cc1)C(C)C. The molecule has 0 radical (unpaired) electrons. The third-order valence-electron chi connectivity index (χ3n) is 8.97. The molecule has 0 fully saturated rings. The Kier molecular flexibility index (Phi) is 16.8. The van der Waals surface area contributed by atoms with Crippen LogP contribution in [0.3, 0.4) is 0 Å². The van der Waals surface area contributed by atoms with Crippen LogP contribution in [-0.2, 0) is 38.5 Å². The average molecular weight is 760 g/mol. The van der Waals surface area contributed by atoms with Crippen LogP contribution in [0.4, 0.5) is 4.79 Å². The lowest BCUT2D eigenvalue weighted by Gasteiger charge is -2.34. The monoisotopic (exact) mass is 759 g/mol. The number of benzene rings is 2. The second kappa shape index (κ2) is 20.7. The molecule has 11 nitrogen and oxygen atoms in total. The van der Waals surface area contributed by atoms with E-state index >= 15 is 0 Å². The highest BCUT2D eigenvalue weighted by Gasteiger charge is 2.39. The molecule has 0 saturated heterocycles. The lowest BCUT2D eigenvalue weighted by Crippen LogP contribution is -2.58. The third kappa shape index (κ3) is 13.4. The van der Waals surface area contributed by atoms with Gasteiger partial charge in [0.15, 0.2) is 0 Å². The van der Waals surface area contributed by atoms with E-state index < -0.39 is 41.0 Å². The van der Waals surface area contributed by atoms with Gasteiger partial charge in [-0.3, -0.25) is 19.8 Å². The van der Waals surface area contributed by atoms with Crippen molar-refractivity contribution in [1.29, 1.82) is 0 Å². The number of hydrogen-bond acceptors (Lipinski definition) is 8. The number of methoxy groups -OCH3 is 1. The van der Waals surface area contributed by atoms with Crippen LogP contribution >= 0.6 is 11.8 Å². The van der Waals surface area contributed by atoms with Crippen molar-refractivity contribution in [2.75, 3.05) is 26.0 Å². The Hall–Kier alpha value is -4.61. The second-order valence-electron chi connectivity index (χ2n) is 14.9. The zero-order valence-corrected chi connectivity index (χ0v) is 33.3. The fraction of sp³-hybridized carbons (Fsp3) is 0.452. The van der Waals surface area contributed by atoms with Gasteiger partial charge in [-0.05, 0) is 58.9 Å². The van der Waals surface area contributed by atoms with Gasteiger partial charge in [0.2, 0.25) is 5.91 Å². The van der Waals surface area contributed by atoms with Gasteiger partial charge in [0.25, 0.3) is 11.8 Å². The summed E-state index contributed by atoms with van der Waals surface area (Å²) in [5.74, 6) is -0.856. The molecule has 5 N–H and O–H groups in total. The van der Waals surface area contributed by atoms with E-state index in [2.05, 4.69) is 40.3 Å². The molecule has 3 rings (SSSR count). The summed E-state index contributed by atoms with van der Waals surface area (Å²) in [6, 6.07) is 13.8. The molecule has 0 spiro atoms. The number of hydrogen-bond donors (Lipinski definition) is 5. The summed E-state index contributed by atoms with van der Waals surface area (Å²) in [5, 5.41) is 22.1. The number of carbonyl (C=O) groups is 4. The quantitative estimate of drug-likeness (QED) is 0.0680. The first kappa shape index (κ1) is 43.8. The van der Waals surface area contributed by atoms with Crippen molar-refractivity contribution < 1.29 is 29.0 Å². The molecule has 0 saturated carbocycles. The Labute approximate surface area is 324 Å². The van der Waals surface area contributed by atoms with E-state index in [1.54, 1.807) is 28.9 Å². The van der Waals surface area contributed by atoms with Gasteiger partial charge in [-0.15, -0.1) is 30.7 Å². The van der Waals surface area contributed by atoms with E-state index in [0.717, 1.165) is 32.9 Å².